The molecule has 1 unspecified atom stereocenters. The molecule has 158 valence electrons. The molecule has 9 heteroatoms. The van der Waals surface area contributed by atoms with E-state index in [1.165, 1.54) is 13.8 Å². The van der Waals surface area contributed by atoms with Crippen LogP contribution in [0.25, 0.3) is 5.65 Å². The lowest BCUT2D eigenvalue weighted by atomic mass is 10.1. The van der Waals surface area contributed by atoms with Crippen LogP contribution in [0.15, 0.2) is 23.4 Å². The van der Waals surface area contributed by atoms with Crippen LogP contribution >= 0.6 is 10.2 Å². The maximum Gasteiger partial charge on any atom is 0.406 e. The second-order valence-electron chi connectivity index (χ2n) is 8.51. The summed E-state index contributed by atoms with van der Waals surface area (Å²) in [5.41, 5.74) is 0.812. The summed E-state index contributed by atoms with van der Waals surface area (Å²) < 4.78 is 45.3. The smallest absolute Gasteiger partial charge is 0.366 e. The van der Waals surface area contributed by atoms with E-state index in [0.29, 0.717) is 6.04 Å². The summed E-state index contributed by atoms with van der Waals surface area (Å²) >= 11 is 0. The van der Waals surface area contributed by atoms with Gasteiger partial charge in [0.05, 0.1) is 5.69 Å². The number of imidazole rings is 1. The molecule has 3 rings (SSSR count). The van der Waals surface area contributed by atoms with Gasteiger partial charge in [-0.25, -0.2) is 4.98 Å². The molecule has 5 nitrogen and oxygen atoms in total. The van der Waals surface area contributed by atoms with Crippen LogP contribution < -0.4 is 14.9 Å². The second-order valence-corrected chi connectivity index (χ2v) is 11.8. The van der Waals surface area contributed by atoms with Crippen LogP contribution in [0.1, 0.15) is 26.5 Å². The fraction of sp³-hybridized carbons (Fsp3) is 0.632. The van der Waals surface area contributed by atoms with Crippen LogP contribution in [0.5, 0.6) is 0 Å². The van der Waals surface area contributed by atoms with Crippen molar-refractivity contribution in [2.75, 3.05) is 37.0 Å². The number of alkyl halides is 3. The summed E-state index contributed by atoms with van der Waals surface area (Å²) in [5, 5.41) is 3.43. The summed E-state index contributed by atoms with van der Waals surface area (Å²) in [7, 11) is -1.92. The number of pyridine rings is 1. The van der Waals surface area contributed by atoms with Crippen LogP contribution in [0.4, 0.5) is 18.9 Å². The Morgan fingerprint density at radius 3 is 2.57 bits per heavy atom. The molecule has 2 N–H and O–H groups in total. The molecule has 0 aliphatic carbocycles. The maximum atomic E-state index is 13.5. The van der Waals surface area contributed by atoms with E-state index in [-0.39, 0.29) is 0 Å². The Morgan fingerprint density at radius 2 is 1.96 bits per heavy atom. The highest BCUT2D eigenvalue weighted by Crippen LogP contribution is 2.50. The van der Waals surface area contributed by atoms with Crippen LogP contribution in [0.2, 0.25) is 0 Å². The van der Waals surface area contributed by atoms with Gasteiger partial charge in [-0.1, -0.05) is 0 Å². The first-order valence-electron chi connectivity index (χ1n) is 9.37. The molecular formula is C19H30F3N5S. The Morgan fingerprint density at radius 1 is 1.29 bits per heavy atom. The van der Waals surface area contributed by atoms with Crippen molar-refractivity contribution in [3.8, 4) is 0 Å². The van der Waals surface area contributed by atoms with Crippen LogP contribution in [0, 0.1) is 6.92 Å². The number of nitrogens with zero attached hydrogens (tertiary/aromatic N) is 3. The Bertz CT molecular complexity index is 859. The van der Waals surface area contributed by atoms with Crippen molar-refractivity contribution in [2.45, 2.75) is 50.3 Å². The highest BCUT2D eigenvalue weighted by atomic mass is 32.3. The number of aryl methyl sites for hydroxylation is 1. The van der Waals surface area contributed by atoms with Gasteiger partial charge in [0.25, 0.3) is 0 Å². The van der Waals surface area contributed by atoms with E-state index in [0.717, 1.165) is 41.6 Å². The predicted molar refractivity (Wildman–Crippen MR) is 111 cm³/mol. The van der Waals surface area contributed by atoms with Gasteiger partial charge in [0.1, 0.15) is 5.54 Å². The van der Waals surface area contributed by atoms with E-state index in [1.54, 1.807) is 0 Å². The van der Waals surface area contributed by atoms with Gasteiger partial charge in [-0.15, -0.1) is 0 Å². The van der Waals surface area contributed by atoms with E-state index in [1.807, 2.05) is 42.3 Å². The fourth-order valence-corrected chi connectivity index (χ4v) is 5.86. The fourth-order valence-electron chi connectivity index (χ4n) is 3.58. The van der Waals surface area contributed by atoms with E-state index < -0.39 is 21.9 Å². The molecule has 0 bridgehead atoms. The SMILES string of the molecule is Cc1cnc2c(N3CCNC(C)C3)cc(S(C)(C)NC(C)(C)C(F)(F)F)cn12. The third-order valence-electron chi connectivity index (χ3n) is 5.26. The zero-order chi connectivity index (χ0) is 20.9. The molecule has 1 fully saturated rings. The van der Waals surface area contributed by atoms with Gasteiger partial charge in [0, 0.05) is 48.7 Å². The van der Waals surface area contributed by atoms with E-state index in [2.05, 4.69) is 26.8 Å². The molecule has 0 amide bonds. The molecule has 2 aromatic rings. The van der Waals surface area contributed by atoms with Gasteiger partial charge < -0.3 is 14.6 Å². The molecule has 0 radical (unpaired) electrons. The van der Waals surface area contributed by atoms with Crippen molar-refractivity contribution in [1.29, 1.82) is 0 Å². The van der Waals surface area contributed by atoms with Crippen molar-refractivity contribution < 1.29 is 13.2 Å². The average molecular weight is 418 g/mol. The van der Waals surface area contributed by atoms with Gasteiger partial charge in [-0.2, -0.15) is 23.4 Å². The number of nitrogens with one attached hydrogen (secondary N) is 2. The first-order chi connectivity index (χ1) is 12.8. The zero-order valence-corrected chi connectivity index (χ0v) is 18.1. The molecule has 0 aromatic carbocycles. The summed E-state index contributed by atoms with van der Waals surface area (Å²) in [6, 6.07) is 2.37. The number of halogens is 3. The molecule has 1 atom stereocenters. The standard InChI is InChI=1S/C19H30F3N5S/c1-13-11-26(8-7-23-13)16-9-15(12-27-14(2)10-24-17(16)27)28(5,6)25-18(3,4)19(20,21)22/h9-10,12-13,23,25H,7-8,11H2,1-6H3. The number of piperazine rings is 1. The Balaban J connectivity index is 2.07. The predicted octanol–water partition coefficient (Wildman–Crippen LogP) is 3.71. The molecule has 28 heavy (non-hydrogen) atoms. The number of fused-ring (bicyclic) bond motifs is 1. The molecule has 2 aromatic heterocycles. The van der Waals surface area contributed by atoms with Gasteiger partial charge in [0.2, 0.25) is 0 Å². The normalized spacial score (nSPS) is 20.0. The maximum absolute atomic E-state index is 13.5. The van der Waals surface area contributed by atoms with Crippen molar-refractivity contribution in [3.05, 3.63) is 24.2 Å². The summed E-state index contributed by atoms with van der Waals surface area (Å²) in [6.07, 6.45) is 3.16. The van der Waals surface area contributed by atoms with E-state index in [9.17, 15) is 13.2 Å². The van der Waals surface area contributed by atoms with Crippen LogP contribution in [-0.4, -0.2) is 59.3 Å². The average Bonchev–Trinajstić information content (AvgIpc) is 2.93. The monoisotopic (exact) mass is 417 g/mol. The third kappa shape index (κ3) is 3.97. The topological polar surface area (TPSA) is 44.6 Å². The van der Waals surface area contributed by atoms with Gasteiger partial charge in [-0.3, -0.25) is 4.72 Å². The van der Waals surface area contributed by atoms with Crippen molar-refractivity contribution >= 4 is 21.5 Å². The van der Waals surface area contributed by atoms with E-state index >= 15 is 0 Å². The second kappa shape index (κ2) is 7.11. The highest BCUT2D eigenvalue weighted by molar-refractivity contribution is 8.31. The van der Waals surface area contributed by atoms with Crippen LogP contribution in [-0.2, 0) is 0 Å². The van der Waals surface area contributed by atoms with Crippen LogP contribution in [0.3, 0.4) is 0 Å². The molecular weight excluding hydrogens is 387 g/mol. The number of rotatable bonds is 4. The largest absolute Gasteiger partial charge is 0.406 e. The number of aromatic nitrogens is 2. The zero-order valence-electron chi connectivity index (χ0n) is 17.3. The number of anilines is 1. The molecule has 3 heterocycles. The Hall–Kier alpha value is -1.45. The highest BCUT2D eigenvalue weighted by Gasteiger charge is 2.49. The first-order valence-corrected chi connectivity index (χ1v) is 11.8. The lowest BCUT2D eigenvalue weighted by molar-refractivity contribution is -0.179. The number of hydrogen-bond acceptors (Lipinski definition) is 4. The summed E-state index contributed by atoms with van der Waals surface area (Å²) in [5.74, 6) is 0. The minimum atomic E-state index is -4.33. The van der Waals surface area contributed by atoms with Gasteiger partial charge >= 0.3 is 6.18 Å². The molecule has 1 aliphatic heterocycles. The molecule has 0 spiro atoms. The molecule has 1 aliphatic rings. The van der Waals surface area contributed by atoms with Gasteiger partial charge in [0.15, 0.2) is 5.65 Å². The van der Waals surface area contributed by atoms with Crippen molar-refractivity contribution in [1.82, 2.24) is 19.4 Å². The Labute approximate surface area is 166 Å². The lowest BCUT2D eigenvalue weighted by Crippen LogP contribution is -2.52. The summed E-state index contributed by atoms with van der Waals surface area (Å²) in [6.45, 7) is 9.03. The molecule has 1 saturated heterocycles. The van der Waals surface area contributed by atoms with Crippen molar-refractivity contribution in [3.63, 3.8) is 0 Å². The van der Waals surface area contributed by atoms with Crippen molar-refractivity contribution in [2.24, 2.45) is 0 Å². The first kappa shape index (κ1) is 21.3. The molecule has 0 saturated carbocycles. The minimum Gasteiger partial charge on any atom is -0.366 e. The van der Waals surface area contributed by atoms with E-state index in [4.69, 9.17) is 0 Å². The minimum absolute atomic E-state index is 0.344. The number of hydrogen-bond donors (Lipinski definition) is 2. The Kier molecular flexibility index (Phi) is 5.40. The third-order valence-corrected chi connectivity index (χ3v) is 7.69. The lowest BCUT2D eigenvalue weighted by Gasteiger charge is -2.42. The van der Waals surface area contributed by atoms with Gasteiger partial charge in [-0.05, 0) is 46.3 Å². The summed E-state index contributed by atoms with van der Waals surface area (Å²) in [4.78, 5) is 7.71. The quantitative estimate of drug-likeness (QED) is 0.796.